The summed E-state index contributed by atoms with van der Waals surface area (Å²) < 4.78 is 10.5. The Kier molecular flexibility index (Phi) is 7.59. The molecule has 1 aromatic rings. The molecule has 0 saturated carbocycles. The average molecular weight is 339 g/mol. The molecule has 2 amide bonds. The smallest absolute Gasteiger partial charge is 0.460 e. The Bertz CT molecular complexity index is 612. The van der Waals surface area contributed by atoms with Crippen molar-refractivity contribution in [2.45, 2.75) is 45.3 Å². The standard InChI is InChI=1S/C18H22NO5.Li/c1-18(2,3)24-17(22)19-14(10-7-11-15(19)20)12-23-16(21)13-8-5-4-6-9-13;/h4-6,8-9,11,14H,7,10,12H2,1-3H3;/q-1;+1/t14-;/m0./s1. The fourth-order valence-corrected chi connectivity index (χ4v) is 2.34. The number of rotatable bonds is 3. The summed E-state index contributed by atoms with van der Waals surface area (Å²) in [5.74, 6) is -0.905. The second kappa shape index (κ2) is 8.98. The first-order chi connectivity index (χ1) is 11.3. The molecule has 1 heterocycles. The van der Waals surface area contributed by atoms with Gasteiger partial charge in [-0.15, -0.1) is 0 Å². The zero-order chi connectivity index (χ0) is 17.7. The molecule has 0 unspecified atom stereocenters. The number of benzene rings is 1. The zero-order valence-electron chi connectivity index (χ0n) is 15.2. The predicted molar refractivity (Wildman–Crippen MR) is 87.1 cm³/mol. The molecule has 1 saturated heterocycles. The Balaban J connectivity index is 0.00000312. The van der Waals surface area contributed by atoms with Gasteiger partial charge in [-0.3, -0.25) is 4.90 Å². The number of piperidine rings is 1. The number of amides is 2. The third-order valence-electron chi connectivity index (χ3n) is 3.43. The maximum Gasteiger partial charge on any atom is 1.00 e. The number of nitrogens with zero attached hydrogens (tertiary/aromatic N) is 1. The molecule has 0 aliphatic carbocycles. The van der Waals surface area contributed by atoms with Gasteiger partial charge in [-0.1, -0.05) is 24.6 Å². The van der Waals surface area contributed by atoms with E-state index in [4.69, 9.17) is 9.47 Å². The van der Waals surface area contributed by atoms with Crippen molar-refractivity contribution in [3.05, 3.63) is 42.3 Å². The molecule has 6 nitrogen and oxygen atoms in total. The Morgan fingerprint density at radius 2 is 1.88 bits per heavy atom. The molecule has 0 bridgehead atoms. The van der Waals surface area contributed by atoms with E-state index in [2.05, 4.69) is 0 Å². The van der Waals surface area contributed by atoms with E-state index in [1.807, 2.05) is 0 Å². The minimum Gasteiger partial charge on any atom is -0.460 e. The van der Waals surface area contributed by atoms with Crippen LogP contribution in [0.25, 0.3) is 0 Å². The maximum atomic E-state index is 12.3. The zero-order valence-corrected chi connectivity index (χ0v) is 15.2. The van der Waals surface area contributed by atoms with Gasteiger partial charge in [-0.25, -0.2) is 9.59 Å². The Morgan fingerprint density at radius 1 is 1.24 bits per heavy atom. The van der Waals surface area contributed by atoms with Crippen LogP contribution in [-0.2, 0) is 14.3 Å². The molecular formula is C18H22LiNO5. The van der Waals surface area contributed by atoms with Crippen molar-refractivity contribution in [2.24, 2.45) is 0 Å². The second-order valence-corrected chi connectivity index (χ2v) is 6.59. The van der Waals surface area contributed by atoms with Gasteiger partial charge in [0, 0.05) is 0 Å². The number of carbonyl (C=O) groups is 3. The van der Waals surface area contributed by atoms with E-state index in [0.717, 1.165) is 4.90 Å². The van der Waals surface area contributed by atoms with Crippen LogP contribution < -0.4 is 18.9 Å². The summed E-state index contributed by atoms with van der Waals surface area (Å²) in [4.78, 5) is 37.4. The third kappa shape index (κ3) is 6.15. The van der Waals surface area contributed by atoms with E-state index in [1.54, 1.807) is 51.1 Å². The summed E-state index contributed by atoms with van der Waals surface area (Å²) in [5.41, 5.74) is -0.282. The molecule has 0 radical (unpaired) electrons. The number of esters is 1. The first-order valence-corrected chi connectivity index (χ1v) is 7.89. The number of carbonyl (C=O) groups excluding carboxylic acids is 3. The van der Waals surface area contributed by atoms with Crippen LogP contribution in [0, 0.1) is 6.42 Å². The molecule has 2 rings (SSSR count). The van der Waals surface area contributed by atoms with Crippen LogP contribution in [0.1, 0.15) is 44.0 Å². The van der Waals surface area contributed by atoms with Crippen LogP contribution in [0.2, 0.25) is 0 Å². The number of hydrogen-bond donors (Lipinski definition) is 0. The van der Waals surface area contributed by atoms with Crippen molar-refractivity contribution in [3.8, 4) is 0 Å². The van der Waals surface area contributed by atoms with Crippen molar-refractivity contribution in [2.75, 3.05) is 6.61 Å². The first kappa shape index (κ1) is 21.1. The van der Waals surface area contributed by atoms with Crippen molar-refractivity contribution in [1.82, 2.24) is 4.90 Å². The molecule has 7 heteroatoms. The Morgan fingerprint density at radius 3 is 2.48 bits per heavy atom. The van der Waals surface area contributed by atoms with Crippen LogP contribution in [-0.4, -0.2) is 41.1 Å². The Hall–Kier alpha value is -1.90. The fraction of sp³-hybridized carbons (Fsp3) is 0.444. The molecule has 1 aliphatic heterocycles. The number of ether oxygens (including phenoxy) is 2. The van der Waals surface area contributed by atoms with Crippen molar-refractivity contribution in [1.29, 1.82) is 0 Å². The topological polar surface area (TPSA) is 72.9 Å². The molecule has 1 atom stereocenters. The van der Waals surface area contributed by atoms with Gasteiger partial charge in [0.25, 0.3) is 0 Å². The molecule has 130 valence electrons. The number of hydrogen-bond acceptors (Lipinski definition) is 5. The van der Waals surface area contributed by atoms with Crippen LogP contribution in [0.3, 0.4) is 0 Å². The first-order valence-electron chi connectivity index (χ1n) is 7.89. The van der Waals surface area contributed by atoms with E-state index in [0.29, 0.717) is 18.4 Å². The summed E-state index contributed by atoms with van der Waals surface area (Å²) in [6, 6.07) is 8.05. The molecular weight excluding hydrogens is 317 g/mol. The minimum absolute atomic E-state index is 0. The minimum atomic E-state index is -0.718. The third-order valence-corrected chi connectivity index (χ3v) is 3.43. The monoisotopic (exact) mass is 339 g/mol. The van der Waals surface area contributed by atoms with Crippen LogP contribution in [0.4, 0.5) is 4.79 Å². The van der Waals surface area contributed by atoms with Crippen molar-refractivity contribution >= 4 is 18.0 Å². The molecule has 25 heavy (non-hydrogen) atoms. The Labute approximate surface area is 160 Å². The summed E-state index contributed by atoms with van der Waals surface area (Å²) in [6.45, 7) is 5.14. The van der Waals surface area contributed by atoms with Gasteiger partial charge in [-0.2, -0.15) is 6.42 Å². The SMILES string of the molecule is CC(C)(C)OC(=O)N1C(=O)[CH-]CC[C@H]1COC(=O)c1ccccc1.[Li+]. The van der Waals surface area contributed by atoms with Gasteiger partial charge in [0.05, 0.1) is 17.5 Å². The van der Waals surface area contributed by atoms with E-state index in [1.165, 1.54) is 6.42 Å². The van der Waals surface area contributed by atoms with Gasteiger partial charge in [-0.05, 0) is 32.9 Å². The largest absolute Gasteiger partial charge is 1.00 e. The molecule has 1 aliphatic rings. The van der Waals surface area contributed by atoms with E-state index in [-0.39, 0.29) is 25.5 Å². The summed E-state index contributed by atoms with van der Waals surface area (Å²) >= 11 is 0. The van der Waals surface area contributed by atoms with Crippen LogP contribution >= 0.6 is 0 Å². The molecule has 0 aromatic heterocycles. The van der Waals surface area contributed by atoms with Crippen molar-refractivity contribution in [3.63, 3.8) is 0 Å². The average Bonchev–Trinajstić information content (AvgIpc) is 2.51. The van der Waals surface area contributed by atoms with Gasteiger partial charge >= 0.3 is 30.9 Å². The van der Waals surface area contributed by atoms with E-state index in [9.17, 15) is 14.4 Å². The normalized spacial score (nSPS) is 17.2. The summed E-state index contributed by atoms with van der Waals surface area (Å²) in [6.07, 6.45) is 1.79. The second-order valence-electron chi connectivity index (χ2n) is 6.59. The van der Waals surface area contributed by atoms with Gasteiger partial charge in [0.2, 0.25) is 0 Å². The predicted octanol–water partition coefficient (Wildman–Crippen LogP) is -0.0222. The fourth-order valence-electron chi connectivity index (χ4n) is 2.34. The van der Waals surface area contributed by atoms with Crippen LogP contribution in [0.5, 0.6) is 0 Å². The summed E-state index contributed by atoms with van der Waals surface area (Å²) in [5, 5.41) is 0. The number of imide groups is 1. The quantitative estimate of drug-likeness (QED) is 0.440. The van der Waals surface area contributed by atoms with Crippen LogP contribution in [0.15, 0.2) is 30.3 Å². The number of likely N-dealkylation sites (tertiary alicyclic amines) is 1. The van der Waals surface area contributed by atoms with Gasteiger partial charge in [0.15, 0.2) is 0 Å². The summed E-state index contributed by atoms with van der Waals surface area (Å²) in [7, 11) is 0. The molecule has 0 spiro atoms. The molecule has 1 fully saturated rings. The van der Waals surface area contributed by atoms with Gasteiger partial charge < -0.3 is 20.7 Å². The van der Waals surface area contributed by atoms with E-state index >= 15 is 0 Å². The van der Waals surface area contributed by atoms with Crippen molar-refractivity contribution < 1.29 is 42.7 Å². The molecule has 0 N–H and O–H groups in total. The van der Waals surface area contributed by atoms with Gasteiger partial charge in [0.1, 0.15) is 12.2 Å². The maximum absolute atomic E-state index is 12.3. The molecule has 1 aromatic carbocycles. The van der Waals surface area contributed by atoms with E-state index < -0.39 is 29.6 Å².